The first-order valence-corrected chi connectivity index (χ1v) is 7.61. The fourth-order valence-electron chi connectivity index (χ4n) is 3.37. The highest BCUT2D eigenvalue weighted by Crippen LogP contribution is 2.34. The lowest BCUT2D eigenvalue weighted by Gasteiger charge is -2.25. The number of nitrogens with one attached hydrogen (secondary N) is 1. The molecule has 0 bridgehead atoms. The summed E-state index contributed by atoms with van der Waals surface area (Å²) in [6.07, 6.45) is 3.27. The van der Waals surface area contributed by atoms with Gasteiger partial charge in [-0.15, -0.1) is 0 Å². The third-order valence-corrected chi connectivity index (χ3v) is 4.61. The van der Waals surface area contributed by atoms with Gasteiger partial charge in [0.15, 0.2) is 0 Å². The molecule has 2 aromatic heterocycles. The Hall–Kier alpha value is -2.07. The van der Waals surface area contributed by atoms with Crippen molar-refractivity contribution in [3.05, 3.63) is 41.7 Å². The molecule has 0 saturated heterocycles. The molecule has 0 saturated carbocycles. The number of aromatic amines is 1. The highest BCUT2D eigenvalue weighted by atomic mass is 15.2. The summed E-state index contributed by atoms with van der Waals surface area (Å²) in [6, 6.07) is 8.54. The third-order valence-electron chi connectivity index (χ3n) is 4.61. The predicted octanol–water partition coefficient (Wildman–Crippen LogP) is 2.95. The summed E-state index contributed by atoms with van der Waals surface area (Å²) in [5.41, 5.74) is 6.30. The van der Waals surface area contributed by atoms with E-state index in [9.17, 15) is 0 Å². The number of nitrogens with zero attached hydrogens (tertiary/aromatic N) is 3. The van der Waals surface area contributed by atoms with E-state index in [-0.39, 0.29) is 0 Å². The first-order chi connectivity index (χ1) is 10.3. The van der Waals surface area contributed by atoms with E-state index in [1.54, 1.807) is 0 Å². The van der Waals surface area contributed by atoms with Crippen LogP contribution in [0.25, 0.3) is 22.2 Å². The van der Waals surface area contributed by atoms with E-state index in [0.29, 0.717) is 0 Å². The van der Waals surface area contributed by atoms with Crippen molar-refractivity contribution in [2.75, 3.05) is 13.1 Å². The van der Waals surface area contributed by atoms with Gasteiger partial charge in [-0.05, 0) is 12.6 Å². The van der Waals surface area contributed by atoms with Gasteiger partial charge in [-0.3, -0.25) is 10.00 Å². The molecule has 0 fully saturated rings. The number of benzene rings is 1. The number of aryl methyl sites for hydroxylation is 1. The van der Waals surface area contributed by atoms with Crippen LogP contribution in [-0.2, 0) is 20.0 Å². The van der Waals surface area contributed by atoms with Crippen LogP contribution in [-0.4, -0.2) is 32.8 Å². The van der Waals surface area contributed by atoms with Crippen LogP contribution < -0.4 is 0 Å². The van der Waals surface area contributed by atoms with Crippen LogP contribution in [0.3, 0.4) is 0 Å². The van der Waals surface area contributed by atoms with Crippen LogP contribution in [0.4, 0.5) is 0 Å². The van der Waals surface area contributed by atoms with E-state index in [0.717, 1.165) is 31.7 Å². The fourth-order valence-corrected chi connectivity index (χ4v) is 3.37. The standard InChI is InChI=1S/C17H20N4/c1-3-21-9-8-15-14(11-21)17(19-18-15)13-10-20(2)16-7-5-4-6-12(13)16/h4-7,10H,3,8-9,11H2,1-2H3,(H,18,19). The summed E-state index contributed by atoms with van der Waals surface area (Å²) in [5, 5.41) is 9.17. The van der Waals surface area contributed by atoms with Crippen molar-refractivity contribution < 1.29 is 0 Å². The van der Waals surface area contributed by atoms with Crippen molar-refractivity contribution in [2.24, 2.45) is 7.05 Å². The van der Waals surface area contributed by atoms with Crippen LogP contribution in [0.15, 0.2) is 30.5 Å². The molecule has 1 aliphatic rings. The molecule has 0 aliphatic carbocycles. The molecule has 3 heterocycles. The molecule has 0 spiro atoms. The first-order valence-electron chi connectivity index (χ1n) is 7.61. The lowest BCUT2D eigenvalue weighted by molar-refractivity contribution is 0.267. The summed E-state index contributed by atoms with van der Waals surface area (Å²) in [6.45, 7) is 5.45. The Bertz CT molecular complexity index is 796. The molecule has 1 aromatic carbocycles. The van der Waals surface area contributed by atoms with Gasteiger partial charge < -0.3 is 4.57 Å². The second-order valence-electron chi connectivity index (χ2n) is 5.82. The zero-order valence-corrected chi connectivity index (χ0v) is 12.6. The van der Waals surface area contributed by atoms with Crippen molar-refractivity contribution >= 4 is 10.9 Å². The molecule has 0 atom stereocenters. The first kappa shape index (κ1) is 12.7. The minimum atomic E-state index is 1.00. The Morgan fingerprint density at radius 1 is 1.29 bits per heavy atom. The minimum Gasteiger partial charge on any atom is -0.350 e. The van der Waals surface area contributed by atoms with Crippen molar-refractivity contribution in [3.8, 4) is 11.3 Å². The number of likely N-dealkylation sites (N-methyl/N-ethyl adjacent to an activating group) is 1. The smallest absolute Gasteiger partial charge is 0.0990 e. The quantitative estimate of drug-likeness (QED) is 0.783. The van der Waals surface area contributed by atoms with Crippen LogP contribution in [0, 0.1) is 0 Å². The third kappa shape index (κ3) is 1.90. The van der Waals surface area contributed by atoms with Crippen LogP contribution in [0.1, 0.15) is 18.2 Å². The van der Waals surface area contributed by atoms with Gasteiger partial charge in [0.1, 0.15) is 0 Å². The van der Waals surface area contributed by atoms with Gasteiger partial charge in [0.2, 0.25) is 0 Å². The van der Waals surface area contributed by atoms with E-state index in [2.05, 4.69) is 64.1 Å². The number of hydrogen-bond donors (Lipinski definition) is 1. The van der Waals surface area contributed by atoms with E-state index < -0.39 is 0 Å². The molecular weight excluding hydrogens is 260 g/mol. The maximum atomic E-state index is 4.64. The van der Waals surface area contributed by atoms with E-state index in [4.69, 9.17) is 0 Å². The predicted molar refractivity (Wildman–Crippen MR) is 85.2 cm³/mol. The largest absolute Gasteiger partial charge is 0.350 e. The van der Waals surface area contributed by atoms with Crippen molar-refractivity contribution in [2.45, 2.75) is 19.9 Å². The highest BCUT2D eigenvalue weighted by molar-refractivity contribution is 5.95. The van der Waals surface area contributed by atoms with E-state index >= 15 is 0 Å². The van der Waals surface area contributed by atoms with Crippen LogP contribution in [0.2, 0.25) is 0 Å². The van der Waals surface area contributed by atoms with Crippen LogP contribution >= 0.6 is 0 Å². The monoisotopic (exact) mass is 280 g/mol. The van der Waals surface area contributed by atoms with E-state index in [1.165, 1.54) is 27.7 Å². The molecular formula is C17H20N4. The van der Waals surface area contributed by atoms with Gasteiger partial charge in [0.05, 0.1) is 5.69 Å². The number of fused-ring (bicyclic) bond motifs is 2. The maximum absolute atomic E-state index is 4.64. The zero-order chi connectivity index (χ0) is 14.4. The Kier molecular flexibility index (Phi) is 2.86. The highest BCUT2D eigenvalue weighted by Gasteiger charge is 2.23. The van der Waals surface area contributed by atoms with Gasteiger partial charge in [0, 0.05) is 60.5 Å². The van der Waals surface area contributed by atoms with E-state index in [1.807, 2.05) is 0 Å². The number of aromatic nitrogens is 3. The second-order valence-corrected chi connectivity index (χ2v) is 5.82. The summed E-state index contributed by atoms with van der Waals surface area (Å²) in [5.74, 6) is 0. The molecule has 4 heteroatoms. The fraction of sp³-hybridized carbons (Fsp3) is 0.353. The molecule has 1 aliphatic heterocycles. The SMILES string of the molecule is CCN1CCc2[nH]nc(-c3cn(C)c4ccccc34)c2C1. The Balaban J connectivity index is 1.89. The lowest BCUT2D eigenvalue weighted by Crippen LogP contribution is -2.30. The number of hydrogen-bond acceptors (Lipinski definition) is 2. The molecule has 108 valence electrons. The Morgan fingerprint density at radius 2 is 2.14 bits per heavy atom. The second kappa shape index (κ2) is 4.74. The molecule has 21 heavy (non-hydrogen) atoms. The summed E-state index contributed by atoms with van der Waals surface area (Å²) >= 11 is 0. The molecule has 4 nitrogen and oxygen atoms in total. The van der Waals surface area contributed by atoms with Gasteiger partial charge in [-0.2, -0.15) is 5.10 Å². The normalized spacial score (nSPS) is 15.5. The molecule has 3 aromatic rings. The van der Waals surface area contributed by atoms with Crippen molar-refractivity contribution in [1.29, 1.82) is 0 Å². The number of para-hydroxylation sites is 1. The molecule has 1 N–H and O–H groups in total. The number of H-pyrrole nitrogens is 1. The lowest BCUT2D eigenvalue weighted by atomic mass is 10.0. The summed E-state index contributed by atoms with van der Waals surface area (Å²) < 4.78 is 2.19. The molecule has 0 unspecified atom stereocenters. The van der Waals surface area contributed by atoms with Crippen molar-refractivity contribution in [3.63, 3.8) is 0 Å². The minimum absolute atomic E-state index is 1.00. The van der Waals surface area contributed by atoms with Gasteiger partial charge >= 0.3 is 0 Å². The molecule has 4 rings (SSSR count). The van der Waals surface area contributed by atoms with Gasteiger partial charge in [-0.1, -0.05) is 25.1 Å². The van der Waals surface area contributed by atoms with Crippen LogP contribution in [0.5, 0.6) is 0 Å². The average molecular weight is 280 g/mol. The topological polar surface area (TPSA) is 36.9 Å². The van der Waals surface area contributed by atoms with Gasteiger partial charge in [0.25, 0.3) is 0 Å². The molecule has 0 radical (unpaired) electrons. The molecule has 0 amide bonds. The average Bonchev–Trinajstić information content (AvgIpc) is 3.08. The zero-order valence-electron chi connectivity index (χ0n) is 12.6. The van der Waals surface area contributed by atoms with Crippen molar-refractivity contribution in [1.82, 2.24) is 19.7 Å². The Labute approximate surface area is 124 Å². The Morgan fingerprint density at radius 3 is 3.00 bits per heavy atom. The van der Waals surface area contributed by atoms with Gasteiger partial charge in [-0.25, -0.2) is 0 Å². The summed E-state index contributed by atoms with van der Waals surface area (Å²) in [7, 11) is 2.10. The number of rotatable bonds is 2. The maximum Gasteiger partial charge on any atom is 0.0990 e. The summed E-state index contributed by atoms with van der Waals surface area (Å²) in [4.78, 5) is 2.48.